The van der Waals surface area contributed by atoms with E-state index in [0.717, 1.165) is 38.5 Å². The normalized spacial score (nSPS) is 23.2. The fourth-order valence-electron chi connectivity index (χ4n) is 5.48. The number of ether oxygens (including phenoxy) is 1. The Balaban J connectivity index is 0.00000289. The first-order valence-corrected chi connectivity index (χ1v) is 12.0. The minimum Gasteiger partial charge on any atom is -1.00 e. The molecule has 0 bridgehead atoms. The third kappa shape index (κ3) is 5.72. The number of rotatable bonds is 8. The molecule has 174 valence electrons. The minimum absolute atomic E-state index is 0. The number of quaternary nitrogens is 1. The molecule has 0 radical (unpaired) electrons. The average molecular weight is 458 g/mol. The van der Waals surface area contributed by atoms with Crippen molar-refractivity contribution in [2.75, 3.05) is 19.7 Å². The van der Waals surface area contributed by atoms with Gasteiger partial charge in [0.15, 0.2) is 5.60 Å². The van der Waals surface area contributed by atoms with Gasteiger partial charge in [-0.15, -0.1) is 0 Å². The number of halogens is 1. The zero-order valence-electron chi connectivity index (χ0n) is 18.8. The van der Waals surface area contributed by atoms with Crippen LogP contribution in [0.15, 0.2) is 60.7 Å². The summed E-state index contributed by atoms with van der Waals surface area (Å²) in [5.74, 6) is 0.190. The predicted molar refractivity (Wildman–Crippen MR) is 122 cm³/mol. The summed E-state index contributed by atoms with van der Waals surface area (Å²) in [5.41, 5.74) is 0.549. The van der Waals surface area contributed by atoms with Gasteiger partial charge in [0.25, 0.3) is 0 Å². The van der Waals surface area contributed by atoms with Crippen LogP contribution in [0, 0.1) is 11.8 Å². The molecule has 2 aromatic rings. The van der Waals surface area contributed by atoms with Gasteiger partial charge in [0.2, 0.25) is 0 Å². The van der Waals surface area contributed by atoms with Crippen molar-refractivity contribution in [1.82, 2.24) is 0 Å². The standard InChI is InChI=1S/C27H35NO3.ClH/c29-26(27(30,24-13-7-8-14-24)23-11-3-1-4-12-23)31-21-9-10-22-17-19-28(20-18-22)25-15-5-2-6-16-25;/h1-6,11-12,15-16,22,24,30H,7-10,13-14,17-21H2;1H. The molecule has 2 aliphatic rings. The molecule has 4 rings (SSSR count). The van der Waals surface area contributed by atoms with Crippen LogP contribution in [0.4, 0.5) is 5.69 Å². The van der Waals surface area contributed by atoms with E-state index in [-0.39, 0.29) is 18.3 Å². The van der Waals surface area contributed by atoms with Crippen molar-refractivity contribution in [2.24, 2.45) is 11.8 Å². The van der Waals surface area contributed by atoms with E-state index in [1.165, 1.54) is 31.6 Å². The van der Waals surface area contributed by atoms with Crippen molar-refractivity contribution in [3.8, 4) is 0 Å². The summed E-state index contributed by atoms with van der Waals surface area (Å²) < 4.78 is 5.66. The van der Waals surface area contributed by atoms with Crippen molar-refractivity contribution in [3.05, 3.63) is 66.2 Å². The molecule has 1 aliphatic carbocycles. The second-order valence-electron chi connectivity index (χ2n) is 9.30. The number of piperidine rings is 1. The lowest BCUT2D eigenvalue weighted by molar-refractivity contribution is -0.840. The van der Waals surface area contributed by atoms with Crippen LogP contribution in [0.5, 0.6) is 0 Å². The number of nitrogens with one attached hydrogen (secondary N) is 1. The van der Waals surface area contributed by atoms with Crippen LogP contribution in [-0.2, 0) is 15.1 Å². The molecule has 1 saturated heterocycles. The first-order valence-electron chi connectivity index (χ1n) is 12.0. The van der Waals surface area contributed by atoms with Gasteiger partial charge < -0.3 is 27.2 Å². The molecule has 0 spiro atoms. The Hall–Kier alpha value is -1.88. The molecule has 0 aromatic heterocycles. The van der Waals surface area contributed by atoms with Gasteiger partial charge >= 0.3 is 5.97 Å². The minimum atomic E-state index is -1.51. The Morgan fingerprint density at radius 1 is 0.938 bits per heavy atom. The molecule has 2 aromatic carbocycles. The van der Waals surface area contributed by atoms with Crippen LogP contribution in [0.1, 0.15) is 56.9 Å². The van der Waals surface area contributed by atoms with Crippen LogP contribution in [-0.4, -0.2) is 30.8 Å². The van der Waals surface area contributed by atoms with Gasteiger partial charge in [0.1, 0.15) is 5.69 Å². The Bertz CT molecular complexity index is 817. The van der Waals surface area contributed by atoms with Gasteiger partial charge in [-0.1, -0.05) is 61.4 Å². The summed E-state index contributed by atoms with van der Waals surface area (Å²) in [5, 5.41) is 11.5. The van der Waals surface area contributed by atoms with E-state index in [4.69, 9.17) is 4.74 Å². The molecular formula is C27H36ClNO3. The number of para-hydroxylation sites is 1. The Kier molecular flexibility index (Phi) is 9.15. The van der Waals surface area contributed by atoms with Gasteiger partial charge in [-0.3, -0.25) is 0 Å². The highest BCUT2D eigenvalue weighted by Crippen LogP contribution is 2.41. The number of hydrogen-bond acceptors (Lipinski definition) is 3. The highest BCUT2D eigenvalue weighted by atomic mass is 35.5. The first kappa shape index (κ1) is 24.8. The zero-order valence-corrected chi connectivity index (χ0v) is 19.6. The van der Waals surface area contributed by atoms with Gasteiger partial charge in [-0.25, -0.2) is 4.79 Å². The number of esters is 1. The average Bonchev–Trinajstić information content (AvgIpc) is 3.38. The monoisotopic (exact) mass is 457 g/mol. The maximum atomic E-state index is 13.0. The second-order valence-corrected chi connectivity index (χ2v) is 9.30. The van der Waals surface area contributed by atoms with Gasteiger partial charge in [0.05, 0.1) is 19.7 Å². The van der Waals surface area contributed by atoms with E-state index in [9.17, 15) is 9.90 Å². The zero-order chi connectivity index (χ0) is 21.5. The molecule has 1 atom stereocenters. The quantitative estimate of drug-likeness (QED) is 0.459. The molecule has 4 nitrogen and oxygen atoms in total. The third-order valence-corrected chi connectivity index (χ3v) is 7.35. The Morgan fingerprint density at radius 2 is 1.53 bits per heavy atom. The molecule has 1 unspecified atom stereocenters. The fraction of sp³-hybridized carbons (Fsp3) is 0.519. The smallest absolute Gasteiger partial charge is 0.343 e. The summed E-state index contributed by atoms with van der Waals surface area (Å²) >= 11 is 0. The Morgan fingerprint density at radius 3 is 2.16 bits per heavy atom. The van der Waals surface area contributed by atoms with Gasteiger partial charge in [-0.2, -0.15) is 0 Å². The molecular weight excluding hydrogens is 422 g/mol. The molecule has 5 heteroatoms. The molecule has 1 heterocycles. The topological polar surface area (TPSA) is 51.0 Å². The highest BCUT2D eigenvalue weighted by molar-refractivity contribution is 5.81. The highest BCUT2D eigenvalue weighted by Gasteiger charge is 2.47. The van der Waals surface area contributed by atoms with Crippen molar-refractivity contribution >= 4 is 11.7 Å². The van der Waals surface area contributed by atoms with Gasteiger partial charge in [0, 0.05) is 5.92 Å². The summed E-state index contributed by atoms with van der Waals surface area (Å²) in [7, 11) is 0. The number of carbonyl (C=O) groups excluding carboxylic acids is 1. The third-order valence-electron chi connectivity index (χ3n) is 7.35. The van der Waals surface area contributed by atoms with Gasteiger partial charge in [-0.05, 0) is 62.1 Å². The Labute approximate surface area is 198 Å². The summed E-state index contributed by atoms with van der Waals surface area (Å²) in [6.45, 7) is 2.74. The van der Waals surface area contributed by atoms with Crippen LogP contribution >= 0.6 is 0 Å². The van der Waals surface area contributed by atoms with E-state index in [1.54, 1.807) is 4.90 Å². The van der Waals surface area contributed by atoms with Crippen molar-refractivity contribution in [1.29, 1.82) is 0 Å². The number of carbonyl (C=O) groups is 1. The lowest BCUT2D eigenvalue weighted by atomic mass is 9.80. The molecule has 2 fully saturated rings. The molecule has 0 amide bonds. The van der Waals surface area contributed by atoms with Crippen molar-refractivity contribution in [3.63, 3.8) is 0 Å². The molecule has 1 saturated carbocycles. The van der Waals surface area contributed by atoms with E-state index in [2.05, 4.69) is 30.3 Å². The second kappa shape index (κ2) is 11.8. The maximum absolute atomic E-state index is 13.0. The van der Waals surface area contributed by atoms with Crippen LogP contribution in [0.3, 0.4) is 0 Å². The molecule has 1 aliphatic heterocycles. The molecule has 2 N–H and O–H groups in total. The van der Waals surface area contributed by atoms with Crippen LogP contribution in [0.25, 0.3) is 0 Å². The summed E-state index contributed by atoms with van der Waals surface area (Å²) in [6.07, 6.45) is 8.27. The largest absolute Gasteiger partial charge is 1.00 e. The number of hydrogen-bond donors (Lipinski definition) is 2. The number of aliphatic hydroxyl groups is 1. The lowest BCUT2D eigenvalue weighted by Gasteiger charge is -2.32. The lowest BCUT2D eigenvalue weighted by Crippen LogP contribution is -3.08. The maximum Gasteiger partial charge on any atom is 0.343 e. The SMILES string of the molecule is O=C(OCCCC1CC[NH+](c2ccccc2)CC1)C(O)(c1ccccc1)C1CCCC1.[Cl-]. The summed E-state index contributed by atoms with van der Waals surface area (Å²) in [4.78, 5) is 14.6. The number of benzene rings is 2. The van der Waals surface area contributed by atoms with E-state index >= 15 is 0 Å². The predicted octanol–water partition coefficient (Wildman–Crippen LogP) is 1.02. The summed E-state index contributed by atoms with van der Waals surface area (Å²) in [6, 6.07) is 20.1. The van der Waals surface area contributed by atoms with Crippen molar-refractivity contribution in [2.45, 2.75) is 57.0 Å². The van der Waals surface area contributed by atoms with E-state index < -0.39 is 11.6 Å². The first-order chi connectivity index (χ1) is 15.2. The molecule has 32 heavy (non-hydrogen) atoms. The van der Waals surface area contributed by atoms with E-state index in [1.807, 2.05) is 30.3 Å². The van der Waals surface area contributed by atoms with Crippen LogP contribution in [0.2, 0.25) is 0 Å². The van der Waals surface area contributed by atoms with Crippen molar-refractivity contribution < 1.29 is 31.9 Å². The fourth-order valence-corrected chi connectivity index (χ4v) is 5.48. The van der Waals surface area contributed by atoms with Crippen LogP contribution < -0.4 is 17.3 Å². The van der Waals surface area contributed by atoms with E-state index in [0.29, 0.717) is 18.1 Å².